The lowest BCUT2D eigenvalue weighted by atomic mass is 9.83. The molecule has 7 rings (SSSR count). The molecular weight excluding hydrogens is 622 g/mol. The van der Waals surface area contributed by atoms with Crippen molar-refractivity contribution in [1.29, 1.82) is 0 Å². The molecule has 2 bridgehead atoms. The lowest BCUT2D eigenvalue weighted by Crippen LogP contribution is -2.60. The van der Waals surface area contributed by atoms with E-state index in [4.69, 9.17) is 21.1 Å². The van der Waals surface area contributed by atoms with Crippen molar-refractivity contribution in [2.24, 2.45) is 0 Å². The van der Waals surface area contributed by atoms with Gasteiger partial charge in [-0.25, -0.2) is 8.78 Å². The Kier molecular flexibility index (Phi) is 9.24. The molecule has 1 aliphatic carbocycles. The van der Waals surface area contributed by atoms with Crippen LogP contribution in [-0.4, -0.2) is 73.2 Å². The maximum Gasteiger partial charge on any atom is 0.252 e. The molecule has 1 amide bonds. The highest BCUT2D eigenvalue weighted by molar-refractivity contribution is 6.30. The summed E-state index contributed by atoms with van der Waals surface area (Å²) in [5, 5.41) is 7.10. The van der Waals surface area contributed by atoms with Gasteiger partial charge in [-0.3, -0.25) is 9.69 Å². The van der Waals surface area contributed by atoms with E-state index in [1.54, 1.807) is 7.11 Å². The van der Waals surface area contributed by atoms with Gasteiger partial charge in [0.2, 0.25) is 0 Å². The van der Waals surface area contributed by atoms with Gasteiger partial charge in [0.1, 0.15) is 11.9 Å². The van der Waals surface area contributed by atoms with Crippen LogP contribution in [0.15, 0.2) is 60.2 Å². The quantitative estimate of drug-likeness (QED) is 0.265. The number of likely N-dealkylation sites (tertiary alicyclic amines) is 1. The third-order valence-electron chi connectivity index (χ3n) is 9.96. The number of halogens is 3. The highest BCUT2D eigenvalue weighted by Crippen LogP contribution is 2.37. The Morgan fingerprint density at radius 3 is 2.64 bits per heavy atom. The molecule has 248 valence electrons. The number of nitrogens with one attached hydrogen (secondary N) is 2. The van der Waals surface area contributed by atoms with Crippen LogP contribution in [0.1, 0.15) is 47.9 Å². The molecule has 3 aromatic carbocycles. The van der Waals surface area contributed by atoms with E-state index in [9.17, 15) is 13.6 Å². The molecule has 3 aliphatic heterocycles. The minimum atomic E-state index is -0.860. The molecular formula is C37H41ClF2N4O3. The number of fused-ring (bicyclic) bond motifs is 2. The Bertz CT molecular complexity index is 1680. The second kappa shape index (κ2) is 13.5. The average molecular weight is 663 g/mol. The predicted octanol–water partition coefficient (Wildman–Crippen LogP) is 5.87. The molecule has 3 aromatic rings. The van der Waals surface area contributed by atoms with Gasteiger partial charge >= 0.3 is 0 Å². The van der Waals surface area contributed by atoms with E-state index < -0.39 is 17.4 Å². The maximum atomic E-state index is 14.5. The second-order valence-electron chi connectivity index (χ2n) is 13.2. The Morgan fingerprint density at radius 2 is 1.87 bits per heavy atom. The first-order chi connectivity index (χ1) is 22.8. The zero-order valence-electron chi connectivity index (χ0n) is 26.8. The van der Waals surface area contributed by atoms with Gasteiger partial charge < -0.3 is 25.0 Å². The van der Waals surface area contributed by atoms with Crippen molar-refractivity contribution >= 4 is 23.1 Å². The molecule has 2 N–H and O–H groups in total. The molecule has 1 saturated carbocycles. The third kappa shape index (κ3) is 6.77. The summed E-state index contributed by atoms with van der Waals surface area (Å²) in [4.78, 5) is 18.9. The van der Waals surface area contributed by atoms with E-state index in [0.717, 1.165) is 84.1 Å². The summed E-state index contributed by atoms with van der Waals surface area (Å²) in [7, 11) is 1.68. The topological polar surface area (TPSA) is 66.1 Å². The smallest absolute Gasteiger partial charge is 0.252 e. The Hall–Kier alpha value is -3.50. The van der Waals surface area contributed by atoms with Crippen LogP contribution in [0.3, 0.4) is 0 Å². The standard InChI is InChI=1S/C37H41ClF2N4O3/c1-22-25(4-3-5-33(22)46-2)20-44(27-10-11-27)37(45)34-29(16-26-17-41-18-32(34)42-26)24-8-6-23(7-9-24)19-43-15-14-28(21-43)47-36-31(39)13-12-30(38)35(36)40/h3-9,12-13,26-28,32,41-42H,10-11,14-21H2,1-2H3/t26-,28-,32-/m0/s1. The number of carbonyl (C=O) groups is 1. The van der Waals surface area contributed by atoms with E-state index in [0.29, 0.717) is 26.1 Å². The van der Waals surface area contributed by atoms with Crippen LogP contribution in [0.5, 0.6) is 11.5 Å². The number of methoxy groups -OCH3 is 1. The Balaban J connectivity index is 1.09. The van der Waals surface area contributed by atoms with Gasteiger partial charge in [-0.05, 0) is 78.6 Å². The van der Waals surface area contributed by atoms with Crippen molar-refractivity contribution in [2.75, 3.05) is 33.3 Å². The highest BCUT2D eigenvalue weighted by atomic mass is 35.5. The van der Waals surface area contributed by atoms with Gasteiger partial charge in [-0.2, -0.15) is 0 Å². The van der Waals surface area contributed by atoms with Crippen molar-refractivity contribution in [3.63, 3.8) is 0 Å². The molecule has 3 heterocycles. The molecule has 0 unspecified atom stereocenters. The zero-order valence-corrected chi connectivity index (χ0v) is 27.6. The normalized spacial score (nSPS) is 22.8. The SMILES string of the molecule is COc1cccc(CN(C(=O)C2=C(c3ccc(CN4CC[C@H](Oc5c(F)ccc(Cl)c5F)C4)cc3)C[C@H]3CNC[C@@H]2N3)C2CC2)c1C. The van der Waals surface area contributed by atoms with Crippen molar-refractivity contribution < 1.29 is 23.0 Å². The summed E-state index contributed by atoms with van der Waals surface area (Å²) in [5.41, 5.74) is 6.39. The van der Waals surface area contributed by atoms with Crippen molar-refractivity contribution in [1.82, 2.24) is 20.4 Å². The summed E-state index contributed by atoms with van der Waals surface area (Å²) >= 11 is 5.84. The largest absolute Gasteiger partial charge is 0.496 e. The van der Waals surface area contributed by atoms with Crippen LogP contribution in [0.2, 0.25) is 5.02 Å². The Morgan fingerprint density at radius 1 is 1.06 bits per heavy atom. The maximum absolute atomic E-state index is 14.5. The van der Waals surface area contributed by atoms with Crippen molar-refractivity contribution in [3.8, 4) is 11.5 Å². The molecule has 4 aliphatic rings. The summed E-state index contributed by atoms with van der Waals surface area (Å²) in [5.74, 6) is -1.06. The number of piperazine rings is 1. The summed E-state index contributed by atoms with van der Waals surface area (Å²) in [6.45, 7) is 6.21. The van der Waals surface area contributed by atoms with E-state index in [2.05, 4.69) is 57.7 Å². The fourth-order valence-corrected chi connectivity index (χ4v) is 7.42. The number of benzene rings is 3. The van der Waals surface area contributed by atoms with Gasteiger partial charge in [-0.1, -0.05) is 48.0 Å². The van der Waals surface area contributed by atoms with Gasteiger partial charge in [0.15, 0.2) is 17.4 Å². The second-order valence-corrected chi connectivity index (χ2v) is 13.6. The minimum absolute atomic E-state index is 0.0481. The molecule has 2 saturated heterocycles. The van der Waals surface area contributed by atoms with Gasteiger partial charge in [0, 0.05) is 56.9 Å². The number of amides is 1. The number of ether oxygens (including phenoxy) is 2. The first-order valence-electron chi connectivity index (χ1n) is 16.5. The molecule has 0 aromatic heterocycles. The number of hydrogen-bond acceptors (Lipinski definition) is 6. The average Bonchev–Trinajstić information content (AvgIpc) is 3.83. The molecule has 47 heavy (non-hydrogen) atoms. The first kappa shape index (κ1) is 32.1. The fourth-order valence-electron chi connectivity index (χ4n) is 7.27. The summed E-state index contributed by atoms with van der Waals surface area (Å²) in [6, 6.07) is 17.4. The van der Waals surface area contributed by atoms with E-state index in [-0.39, 0.29) is 35.2 Å². The predicted molar refractivity (Wildman–Crippen MR) is 179 cm³/mol. The highest BCUT2D eigenvalue weighted by Gasteiger charge is 2.41. The summed E-state index contributed by atoms with van der Waals surface area (Å²) in [6.07, 6.45) is 3.17. The van der Waals surface area contributed by atoms with E-state index in [1.807, 2.05) is 12.1 Å². The van der Waals surface area contributed by atoms with Gasteiger partial charge in [0.25, 0.3) is 5.91 Å². The number of rotatable bonds is 10. The molecule has 0 radical (unpaired) electrons. The van der Waals surface area contributed by atoms with Crippen LogP contribution in [-0.2, 0) is 17.9 Å². The fraction of sp³-hybridized carbons (Fsp3) is 0.432. The van der Waals surface area contributed by atoms with Gasteiger partial charge in [-0.15, -0.1) is 0 Å². The first-order valence-corrected chi connectivity index (χ1v) is 16.9. The molecule has 3 atom stereocenters. The van der Waals surface area contributed by atoms with Crippen LogP contribution < -0.4 is 20.1 Å². The third-order valence-corrected chi connectivity index (χ3v) is 10.3. The molecule has 7 nitrogen and oxygen atoms in total. The number of nitrogens with zero attached hydrogens (tertiary/aromatic N) is 2. The zero-order chi connectivity index (χ0) is 32.7. The Labute approximate surface area is 279 Å². The minimum Gasteiger partial charge on any atom is -0.496 e. The van der Waals surface area contributed by atoms with Crippen LogP contribution in [0.25, 0.3) is 5.57 Å². The lowest BCUT2D eigenvalue weighted by Gasteiger charge is -2.41. The van der Waals surface area contributed by atoms with Crippen LogP contribution in [0, 0.1) is 18.6 Å². The van der Waals surface area contributed by atoms with Crippen LogP contribution >= 0.6 is 11.6 Å². The number of carbonyl (C=O) groups excluding carboxylic acids is 1. The molecule has 10 heteroatoms. The molecule has 3 fully saturated rings. The monoisotopic (exact) mass is 662 g/mol. The van der Waals surface area contributed by atoms with Crippen molar-refractivity contribution in [2.45, 2.75) is 69.9 Å². The van der Waals surface area contributed by atoms with Gasteiger partial charge in [0.05, 0.1) is 18.2 Å². The van der Waals surface area contributed by atoms with Crippen molar-refractivity contribution in [3.05, 3.63) is 99.1 Å². The van der Waals surface area contributed by atoms with E-state index >= 15 is 0 Å². The lowest BCUT2D eigenvalue weighted by molar-refractivity contribution is -0.128. The van der Waals surface area contributed by atoms with E-state index in [1.165, 1.54) is 6.07 Å². The van der Waals surface area contributed by atoms with Crippen LogP contribution in [0.4, 0.5) is 8.78 Å². The number of hydrogen-bond donors (Lipinski definition) is 2. The molecule has 0 spiro atoms. The summed E-state index contributed by atoms with van der Waals surface area (Å²) < 4.78 is 39.9.